The van der Waals surface area contributed by atoms with Gasteiger partial charge in [0.2, 0.25) is 0 Å². The first-order chi connectivity index (χ1) is 6.06. The van der Waals surface area contributed by atoms with E-state index in [4.69, 9.17) is 23.2 Å². The third-order valence-corrected chi connectivity index (χ3v) is 2.91. The van der Waals surface area contributed by atoms with E-state index in [2.05, 4.69) is 0 Å². The lowest BCUT2D eigenvalue weighted by atomic mass is 10.2. The second-order valence-electron chi connectivity index (χ2n) is 2.28. The Hall–Kier alpha value is -0.0700. The van der Waals surface area contributed by atoms with Crippen molar-refractivity contribution in [3.8, 4) is 0 Å². The van der Waals surface area contributed by atoms with E-state index in [0.29, 0.717) is 14.2 Å². The maximum Gasteiger partial charge on any atom is 0.276 e. The van der Waals surface area contributed by atoms with E-state index in [-0.39, 0.29) is 11.6 Å². The van der Waals surface area contributed by atoms with Crippen molar-refractivity contribution >= 4 is 51.5 Å². The zero-order chi connectivity index (χ0) is 10.0. The van der Waals surface area contributed by atoms with Crippen LogP contribution in [-0.4, -0.2) is 4.92 Å². The highest BCUT2D eigenvalue weighted by atomic mass is 127. The van der Waals surface area contributed by atoms with Crippen molar-refractivity contribution in [2.45, 2.75) is 5.88 Å². The van der Waals surface area contributed by atoms with Crippen LogP contribution in [0.15, 0.2) is 12.1 Å². The number of halogens is 3. The van der Waals surface area contributed by atoms with Crippen molar-refractivity contribution in [1.29, 1.82) is 0 Å². The molecule has 0 aliphatic heterocycles. The number of hydrogen-bond acceptors (Lipinski definition) is 2. The second kappa shape index (κ2) is 4.43. The van der Waals surface area contributed by atoms with E-state index in [1.165, 1.54) is 6.07 Å². The van der Waals surface area contributed by atoms with Crippen LogP contribution in [0.25, 0.3) is 0 Å². The normalized spacial score (nSPS) is 10.1. The molecule has 0 N–H and O–H groups in total. The van der Waals surface area contributed by atoms with Gasteiger partial charge in [-0.05, 0) is 28.7 Å². The molecule has 0 radical (unpaired) electrons. The van der Waals surface area contributed by atoms with Gasteiger partial charge in [0.25, 0.3) is 5.69 Å². The molecule has 13 heavy (non-hydrogen) atoms. The molecule has 1 aromatic rings. The summed E-state index contributed by atoms with van der Waals surface area (Å²) in [7, 11) is 0. The van der Waals surface area contributed by atoms with Gasteiger partial charge in [-0.25, -0.2) is 0 Å². The molecule has 1 aromatic carbocycles. The summed E-state index contributed by atoms with van der Waals surface area (Å²) in [5.41, 5.74) is 0.489. The minimum atomic E-state index is -0.480. The van der Waals surface area contributed by atoms with Gasteiger partial charge in [-0.15, -0.1) is 11.6 Å². The summed E-state index contributed by atoms with van der Waals surface area (Å²) >= 11 is 13.2. The summed E-state index contributed by atoms with van der Waals surface area (Å²) < 4.78 is 0.715. The topological polar surface area (TPSA) is 43.1 Å². The fourth-order valence-corrected chi connectivity index (χ4v) is 2.59. The SMILES string of the molecule is O=[N+]([O-])c1cc(Cl)cc(I)c1CCl. The number of nitro groups is 1. The molecule has 0 fully saturated rings. The van der Waals surface area contributed by atoms with Crippen LogP contribution < -0.4 is 0 Å². The van der Waals surface area contributed by atoms with E-state index in [1.807, 2.05) is 22.6 Å². The highest BCUT2D eigenvalue weighted by Crippen LogP contribution is 2.29. The number of rotatable bonds is 2. The minimum absolute atomic E-state index is 0.0214. The van der Waals surface area contributed by atoms with Gasteiger partial charge in [0.05, 0.1) is 16.4 Å². The first-order valence-corrected chi connectivity index (χ1v) is 5.23. The van der Waals surface area contributed by atoms with Gasteiger partial charge < -0.3 is 0 Å². The number of benzene rings is 1. The Bertz CT molecular complexity index is 357. The molecule has 3 nitrogen and oxygen atoms in total. The molecule has 0 aliphatic carbocycles. The summed E-state index contributed by atoms with van der Waals surface area (Å²) in [5.74, 6) is 0.117. The fourth-order valence-electron chi connectivity index (χ4n) is 0.885. The first-order valence-electron chi connectivity index (χ1n) is 3.24. The van der Waals surface area contributed by atoms with Crippen molar-refractivity contribution in [2.24, 2.45) is 0 Å². The van der Waals surface area contributed by atoms with E-state index in [1.54, 1.807) is 6.07 Å². The molecule has 0 bridgehead atoms. The Morgan fingerprint density at radius 1 is 1.54 bits per heavy atom. The lowest BCUT2D eigenvalue weighted by Gasteiger charge is -2.02. The predicted octanol–water partition coefficient (Wildman–Crippen LogP) is 3.59. The van der Waals surface area contributed by atoms with Crippen molar-refractivity contribution in [1.82, 2.24) is 0 Å². The third-order valence-electron chi connectivity index (χ3n) is 1.47. The molecule has 0 amide bonds. The summed E-state index contributed by atoms with van der Waals surface area (Å²) in [6, 6.07) is 2.95. The van der Waals surface area contributed by atoms with Crippen LogP contribution in [-0.2, 0) is 5.88 Å². The molecule has 0 unspecified atom stereocenters. The van der Waals surface area contributed by atoms with Crippen LogP contribution in [0.5, 0.6) is 0 Å². The summed E-state index contributed by atoms with van der Waals surface area (Å²) in [6.45, 7) is 0. The van der Waals surface area contributed by atoms with Gasteiger partial charge in [-0.3, -0.25) is 10.1 Å². The number of nitro benzene ring substituents is 1. The van der Waals surface area contributed by atoms with Crippen LogP contribution in [0.2, 0.25) is 5.02 Å². The van der Waals surface area contributed by atoms with Gasteiger partial charge in [0, 0.05) is 14.7 Å². The van der Waals surface area contributed by atoms with Gasteiger partial charge in [0.1, 0.15) is 0 Å². The van der Waals surface area contributed by atoms with E-state index >= 15 is 0 Å². The fraction of sp³-hybridized carbons (Fsp3) is 0.143. The molecule has 6 heteroatoms. The largest absolute Gasteiger partial charge is 0.276 e. The van der Waals surface area contributed by atoms with Gasteiger partial charge >= 0.3 is 0 Å². The molecule has 0 atom stereocenters. The lowest BCUT2D eigenvalue weighted by molar-refractivity contribution is -0.385. The molecule has 0 saturated heterocycles. The average molecular weight is 332 g/mol. The van der Waals surface area contributed by atoms with E-state index < -0.39 is 4.92 Å². The second-order valence-corrected chi connectivity index (χ2v) is 4.14. The van der Waals surface area contributed by atoms with Crippen LogP contribution in [0.4, 0.5) is 5.69 Å². The molecular weight excluding hydrogens is 328 g/mol. The minimum Gasteiger partial charge on any atom is -0.258 e. The Morgan fingerprint density at radius 3 is 2.62 bits per heavy atom. The number of alkyl halides is 1. The van der Waals surface area contributed by atoms with Crippen LogP contribution in [0, 0.1) is 13.7 Å². The Labute approximate surface area is 98.3 Å². The molecule has 70 valence electrons. The molecule has 0 aliphatic rings. The maximum atomic E-state index is 10.6. The molecule has 0 heterocycles. The van der Waals surface area contributed by atoms with Crippen molar-refractivity contribution in [3.05, 3.63) is 36.4 Å². The number of hydrogen-bond donors (Lipinski definition) is 0. The van der Waals surface area contributed by atoms with Gasteiger partial charge in [-0.2, -0.15) is 0 Å². The Morgan fingerprint density at radius 2 is 2.15 bits per heavy atom. The van der Waals surface area contributed by atoms with Crippen LogP contribution in [0.3, 0.4) is 0 Å². The number of nitrogens with zero attached hydrogens (tertiary/aromatic N) is 1. The zero-order valence-electron chi connectivity index (χ0n) is 6.26. The molecular formula is C7H4Cl2INO2. The maximum absolute atomic E-state index is 10.6. The molecule has 0 saturated carbocycles. The quantitative estimate of drug-likeness (QED) is 0.360. The zero-order valence-corrected chi connectivity index (χ0v) is 9.93. The smallest absolute Gasteiger partial charge is 0.258 e. The van der Waals surface area contributed by atoms with Crippen LogP contribution in [0.1, 0.15) is 5.56 Å². The van der Waals surface area contributed by atoms with E-state index in [9.17, 15) is 10.1 Å². The van der Waals surface area contributed by atoms with Gasteiger partial charge in [0.15, 0.2) is 0 Å². The summed E-state index contributed by atoms with van der Waals surface area (Å²) in [4.78, 5) is 10.1. The molecule has 0 aromatic heterocycles. The highest BCUT2D eigenvalue weighted by molar-refractivity contribution is 14.1. The highest BCUT2D eigenvalue weighted by Gasteiger charge is 2.16. The van der Waals surface area contributed by atoms with Gasteiger partial charge in [-0.1, -0.05) is 11.6 Å². The van der Waals surface area contributed by atoms with E-state index in [0.717, 1.165) is 0 Å². The van der Waals surface area contributed by atoms with Crippen molar-refractivity contribution < 1.29 is 4.92 Å². The average Bonchev–Trinajstić information content (AvgIpc) is 2.02. The summed E-state index contributed by atoms with van der Waals surface area (Å²) in [6.07, 6.45) is 0. The third kappa shape index (κ3) is 2.45. The van der Waals surface area contributed by atoms with Crippen molar-refractivity contribution in [3.63, 3.8) is 0 Å². The van der Waals surface area contributed by atoms with Crippen molar-refractivity contribution in [2.75, 3.05) is 0 Å². The predicted molar refractivity (Wildman–Crippen MR) is 60.4 cm³/mol. The Balaban J connectivity index is 3.38. The lowest BCUT2D eigenvalue weighted by Crippen LogP contribution is -1.96. The molecule has 1 rings (SSSR count). The Kier molecular flexibility index (Phi) is 3.75. The first kappa shape index (κ1) is 11.0. The molecule has 0 spiro atoms. The summed E-state index contributed by atoms with van der Waals surface area (Å²) in [5, 5.41) is 10.9. The standard InChI is InChI=1S/C7H4Cl2INO2/c8-3-5-6(10)1-4(9)2-7(5)11(12)13/h1-2H,3H2. The van der Waals surface area contributed by atoms with Crippen LogP contribution >= 0.6 is 45.8 Å². The monoisotopic (exact) mass is 331 g/mol.